The molecule has 10 rings (SSSR count). The number of methoxy groups -OCH3 is 1. The van der Waals surface area contributed by atoms with E-state index in [9.17, 15) is 19.2 Å². The minimum Gasteiger partial charge on any atom is -0.453 e. The number of likely N-dealkylation sites (N-methyl/N-ethyl adjacent to an activating group) is 2. The van der Waals surface area contributed by atoms with E-state index in [4.69, 9.17) is 24.2 Å². The lowest BCUT2D eigenvalue weighted by atomic mass is 9.57. The van der Waals surface area contributed by atoms with Gasteiger partial charge in [-0.1, -0.05) is 86.3 Å². The van der Waals surface area contributed by atoms with Crippen LogP contribution in [0.15, 0.2) is 36.4 Å². The summed E-state index contributed by atoms with van der Waals surface area (Å²) in [5, 5.41) is 16.1. The molecule has 6 fully saturated rings. The van der Waals surface area contributed by atoms with E-state index in [2.05, 4.69) is 85.0 Å². The standard InChI is InChI=1S/C68H100N10O9/c1-13-69-58(81)66(10,65(9)28-15-29-65)78(11)60(83)68(31-34-87-40-68)45-20-24-49-51(36-45)75-56(73-49)53(76-61(84)85-12)47-22-18-42(3)38-64(47,8)27-16-32-70-57(80)54(63(7)25-14-26-63)77-59(82)67(30-33-86-39-67)44-19-23-48-50(35-44)74-55(72-48)52(71-43(4)79)46-21-17-41(2)37-62(46,5)6/h19-20,23-24,35-36,41-42,46-47,52-54H,13-18,21-22,25-34,37-40H2,1-12H3,(H,69,81)(H,70,80)(H,71,79)(H,72,74)(H,73,75)(H,76,84)(H,77,82)/t41?,42?,46?,47?,52?,53?,54-,64?,66+,67?,68?/m0/s1. The number of imidazole rings is 2. The number of hydrogen-bond donors (Lipinski definition) is 7. The SMILES string of the molecule is CCNC(=O)[C@@](C)(N(C)C(=O)C1(c2ccc3[nH]c(C(NC(=O)OC)C4CCC(C)CC4(C)CCCNC(=O)[C@H](NC(=O)C4(c5ccc6[nH]c(C(NC(C)=O)C7CCC(C)CC7(C)C)nc6c5)CCOC4)C4(C)CCC4)nc3c2)CCOC1)C1(C)CCC1. The van der Waals surface area contributed by atoms with Crippen LogP contribution in [0.1, 0.15) is 207 Å². The molecule has 0 spiro atoms. The molecule has 4 saturated carbocycles. The van der Waals surface area contributed by atoms with E-state index >= 15 is 9.59 Å². The number of aromatic nitrogens is 4. The first kappa shape index (κ1) is 63.9. The highest BCUT2D eigenvalue weighted by Gasteiger charge is 2.60. The summed E-state index contributed by atoms with van der Waals surface area (Å²) in [7, 11) is 3.13. The Kier molecular flexibility index (Phi) is 18.2. The van der Waals surface area contributed by atoms with Crippen LogP contribution in [0, 0.1) is 45.3 Å². The second kappa shape index (κ2) is 24.7. The van der Waals surface area contributed by atoms with Gasteiger partial charge in [0, 0.05) is 40.3 Å². The molecule has 0 radical (unpaired) electrons. The van der Waals surface area contributed by atoms with E-state index in [-0.39, 0.29) is 76.9 Å². The van der Waals surface area contributed by atoms with Crippen LogP contribution in [0.2, 0.25) is 0 Å². The topological polar surface area (TPSA) is 251 Å². The Morgan fingerprint density at radius 3 is 1.82 bits per heavy atom. The monoisotopic (exact) mass is 1200 g/mol. The van der Waals surface area contributed by atoms with E-state index < -0.39 is 40.0 Å². The predicted molar refractivity (Wildman–Crippen MR) is 334 cm³/mol. The zero-order valence-corrected chi connectivity index (χ0v) is 54.1. The number of amides is 6. The predicted octanol–water partition coefficient (Wildman–Crippen LogP) is 10.0. The number of aromatic amines is 2. The fraction of sp³-hybridized carbons (Fsp3) is 0.706. The fourth-order valence-corrected chi connectivity index (χ4v) is 17.1. The summed E-state index contributed by atoms with van der Waals surface area (Å²) in [5.74, 6) is 1.58. The third-order valence-electron chi connectivity index (χ3n) is 23.1. The minimum absolute atomic E-state index is 0.0117. The van der Waals surface area contributed by atoms with Crippen molar-refractivity contribution in [2.24, 2.45) is 45.3 Å². The van der Waals surface area contributed by atoms with Gasteiger partial charge in [-0.3, -0.25) is 24.0 Å². The van der Waals surface area contributed by atoms with Gasteiger partial charge < -0.3 is 55.7 Å². The van der Waals surface area contributed by atoms with Gasteiger partial charge in [0.25, 0.3) is 0 Å². The van der Waals surface area contributed by atoms with E-state index in [0.29, 0.717) is 80.1 Å². The van der Waals surface area contributed by atoms with Gasteiger partial charge in [0.1, 0.15) is 23.2 Å². The molecule has 6 aliphatic rings. The summed E-state index contributed by atoms with van der Waals surface area (Å²) >= 11 is 0. The van der Waals surface area contributed by atoms with Crippen molar-refractivity contribution in [1.82, 2.24) is 51.4 Å². The molecular formula is C68H100N10O9. The maximum Gasteiger partial charge on any atom is 0.407 e. The quantitative estimate of drug-likeness (QED) is 0.0387. The van der Waals surface area contributed by atoms with Crippen LogP contribution in [-0.2, 0) is 49.0 Å². The van der Waals surface area contributed by atoms with Gasteiger partial charge in [-0.25, -0.2) is 14.8 Å². The Bertz CT molecular complexity index is 3200. The molecule has 2 aliphatic heterocycles. The summed E-state index contributed by atoms with van der Waals surface area (Å²) in [6.07, 6.45) is 12.8. The Balaban J connectivity index is 0.850. The van der Waals surface area contributed by atoms with E-state index in [1.807, 2.05) is 50.2 Å². The normalized spacial score (nSPS) is 29.1. The van der Waals surface area contributed by atoms with Crippen molar-refractivity contribution >= 4 is 57.7 Å². The molecule has 4 heterocycles. The second-order valence-corrected chi connectivity index (χ2v) is 29.4. The smallest absolute Gasteiger partial charge is 0.407 e. The van der Waals surface area contributed by atoms with Gasteiger partial charge in [0.15, 0.2) is 0 Å². The van der Waals surface area contributed by atoms with Crippen LogP contribution in [-0.4, -0.2) is 126 Å². The van der Waals surface area contributed by atoms with Crippen LogP contribution in [0.3, 0.4) is 0 Å². The Hall–Kier alpha value is -6.08. The third-order valence-corrected chi connectivity index (χ3v) is 23.1. The number of carbonyl (C=O) groups is 6. The van der Waals surface area contributed by atoms with E-state index in [1.54, 1.807) is 18.9 Å². The van der Waals surface area contributed by atoms with E-state index in [1.165, 1.54) is 7.11 Å². The molecule has 0 bridgehead atoms. The third kappa shape index (κ3) is 11.9. The number of nitrogens with zero attached hydrogens (tertiary/aromatic N) is 3. The summed E-state index contributed by atoms with van der Waals surface area (Å²) in [6, 6.07) is 10.2. The lowest BCUT2D eigenvalue weighted by Crippen LogP contribution is -2.69. The molecule has 19 heteroatoms. The molecule has 4 aliphatic carbocycles. The maximum atomic E-state index is 15.2. The van der Waals surface area contributed by atoms with Crippen molar-refractivity contribution in [2.45, 2.75) is 206 Å². The molecule has 7 N–H and O–H groups in total. The largest absolute Gasteiger partial charge is 0.453 e. The highest BCUT2D eigenvalue weighted by molar-refractivity contribution is 5.97. The number of fused-ring (bicyclic) bond motifs is 2. The van der Waals surface area contributed by atoms with Crippen molar-refractivity contribution in [2.75, 3.05) is 53.7 Å². The van der Waals surface area contributed by atoms with Crippen LogP contribution in [0.5, 0.6) is 0 Å². The highest BCUT2D eigenvalue weighted by Crippen LogP contribution is 2.55. The first-order chi connectivity index (χ1) is 41.2. The summed E-state index contributed by atoms with van der Waals surface area (Å²) in [5.41, 5.74) is 0.175. The zero-order chi connectivity index (χ0) is 62.5. The average molecular weight is 1200 g/mol. The highest BCUT2D eigenvalue weighted by atomic mass is 16.5. The lowest BCUT2D eigenvalue weighted by Gasteiger charge is -2.56. The second-order valence-electron chi connectivity index (χ2n) is 29.4. The molecular weight excluding hydrogens is 1100 g/mol. The van der Waals surface area contributed by atoms with Crippen molar-refractivity contribution in [3.05, 3.63) is 59.2 Å². The first-order valence-electron chi connectivity index (χ1n) is 32.7. The van der Waals surface area contributed by atoms with Gasteiger partial charge in [-0.2, -0.15) is 0 Å². The van der Waals surface area contributed by atoms with Gasteiger partial charge in [-0.15, -0.1) is 0 Å². The number of carbonyl (C=O) groups excluding carboxylic acids is 6. The van der Waals surface area contributed by atoms with Gasteiger partial charge in [-0.05, 0) is 172 Å². The fourth-order valence-electron chi connectivity index (χ4n) is 17.1. The van der Waals surface area contributed by atoms with Gasteiger partial charge in [0.05, 0.1) is 65.3 Å². The molecule has 6 amide bonds. The van der Waals surface area contributed by atoms with Crippen LogP contribution < -0.4 is 26.6 Å². The van der Waals surface area contributed by atoms with Crippen LogP contribution >= 0.6 is 0 Å². The number of nitrogens with one attached hydrogen (secondary N) is 7. The van der Waals surface area contributed by atoms with Crippen LogP contribution in [0.4, 0.5) is 4.79 Å². The molecule has 2 saturated heterocycles. The number of ether oxygens (including phenoxy) is 3. The van der Waals surface area contributed by atoms with Crippen molar-refractivity contribution < 1.29 is 43.0 Å². The molecule has 11 atom stereocenters. The molecule has 87 heavy (non-hydrogen) atoms. The van der Waals surface area contributed by atoms with Crippen molar-refractivity contribution in [1.29, 1.82) is 0 Å². The minimum atomic E-state index is -1.08. The Labute approximate surface area is 514 Å². The number of rotatable bonds is 21. The molecule has 2 aromatic heterocycles. The Morgan fingerprint density at radius 2 is 1.30 bits per heavy atom. The molecule has 4 aromatic rings. The summed E-state index contributed by atoms with van der Waals surface area (Å²) in [6.45, 7) is 23.0. The number of H-pyrrole nitrogens is 2. The van der Waals surface area contributed by atoms with Crippen molar-refractivity contribution in [3.63, 3.8) is 0 Å². The molecule has 2 aromatic carbocycles. The first-order valence-corrected chi connectivity index (χ1v) is 32.7. The van der Waals surface area contributed by atoms with Crippen molar-refractivity contribution in [3.8, 4) is 0 Å². The summed E-state index contributed by atoms with van der Waals surface area (Å²) < 4.78 is 17.4. The molecule has 9 unspecified atom stereocenters. The Morgan fingerprint density at radius 1 is 0.736 bits per heavy atom. The number of alkyl carbamates (subject to hydrolysis) is 1. The lowest BCUT2D eigenvalue weighted by molar-refractivity contribution is -0.162. The maximum absolute atomic E-state index is 15.2. The van der Waals surface area contributed by atoms with E-state index in [0.717, 1.165) is 106 Å². The average Bonchev–Trinajstić information content (AvgIpc) is 1.62. The molecule has 476 valence electrons. The van der Waals surface area contributed by atoms with Gasteiger partial charge >= 0.3 is 6.09 Å². The zero-order valence-electron chi connectivity index (χ0n) is 54.1. The molecule has 19 nitrogen and oxygen atoms in total. The number of hydrogen-bond acceptors (Lipinski definition) is 11. The number of benzene rings is 2. The van der Waals surface area contributed by atoms with Gasteiger partial charge in [0.2, 0.25) is 29.5 Å². The van der Waals surface area contributed by atoms with Crippen LogP contribution in [0.25, 0.3) is 22.1 Å². The summed E-state index contributed by atoms with van der Waals surface area (Å²) in [4.78, 5) is 104.